The summed E-state index contributed by atoms with van der Waals surface area (Å²) in [4.78, 5) is 24.1. The lowest BCUT2D eigenvalue weighted by molar-refractivity contribution is -0.152. The van der Waals surface area contributed by atoms with Crippen LogP contribution in [0.25, 0.3) is 0 Å². The lowest BCUT2D eigenvalue weighted by atomic mass is 10.0. The maximum atomic E-state index is 12.2. The number of nitrogens with one attached hydrogen (secondary N) is 1. The summed E-state index contributed by atoms with van der Waals surface area (Å²) in [5.41, 5.74) is 5.87. The number of fused-ring (bicyclic) bond motifs is 1. The quantitative estimate of drug-likeness (QED) is 0.303. The summed E-state index contributed by atoms with van der Waals surface area (Å²) in [7, 11) is 3.34. The van der Waals surface area contributed by atoms with Crippen LogP contribution in [0.4, 0.5) is 5.69 Å². The molecule has 0 aromatic heterocycles. The summed E-state index contributed by atoms with van der Waals surface area (Å²) in [6.07, 6.45) is 4.25. The smallest absolute Gasteiger partial charge is 0.397 e. The van der Waals surface area contributed by atoms with Crippen molar-refractivity contribution < 1.29 is 28.5 Å². The fraction of sp³-hybridized carbons (Fsp3) is 0.333. The fourth-order valence-electron chi connectivity index (χ4n) is 4.73. The molecule has 7 nitrogen and oxygen atoms in total. The minimum atomic E-state index is -0.882. The van der Waals surface area contributed by atoms with Gasteiger partial charge in [0.15, 0.2) is 0 Å². The monoisotopic (exact) mass is 503 g/mol. The number of carbonyl (C=O) groups excluding carboxylic acids is 2. The van der Waals surface area contributed by atoms with E-state index in [0.29, 0.717) is 5.69 Å². The fourth-order valence-corrected chi connectivity index (χ4v) is 4.73. The predicted octanol–water partition coefficient (Wildman–Crippen LogP) is 5.58. The molecule has 3 aromatic carbocycles. The van der Waals surface area contributed by atoms with Gasteiger partial charge >= 0.3 is 11.9 Å². The normalized spacial score (nSPS) is 12.0. The first-order valence-electron chi connectivity index (χ1n) is 12.5. The van der Waals surface area contributed by atoms with Crippen molar-refractivity contribution in [3.05, 3.63) is 76.3 Å². The van der Waals surface area contributed by atoms with Crippen LogP contribution in [0.1, 0.15) is 41.2 Å². The third-order valence-corrected chi connectivity index (χ3v) is 6.56. The van der Waals surface area contributed by atoms with Crippen molar-refractivity contribution in [1.82, 2.24) is 0 Å². The predicted molar refractivity (Wildman–Crippen MR) is 142 cm³/mol. The van der Waals surface area contributed by atoms with E-state index in [1.54, 1.807) is 21.1 Å². The molecule has 0 heterocycles. The van der Waals surface area contributed by atoms with E-state index in [2.05, 4.69) is 17.4 Å². The Morgan fingerprint density at radius 3 is 2.32 bits per heavy atom. The van der Waals surface area contributed by atoms with Crippen LogP contribution < -0.4 is 19.5 Å². The van der Waals surface area contributed by atoms with Crippen molar-refractivity contribution in [3.8, 4) is 23.0 Å². The van der Waals surface area contributed by atoms with Gasteiger partial charge in [-0.15, -0.1) is 0 Å². The Morgan fingerprint density at radius 2 is 1.62 bits per heavy atom. The topological polar surface area (TPSA) is 83.1 Å². The Labute approximate surface area is 217 Å². The molecule has 0 fully saturated rings. The van der Waals surface area contributed by atoms with E-state index < -0.39 is 11.9 Å². The van der Waals surface area contributed by atoms with E-state index in [1.165, 1.54) is 5.56 Å². The van der Waals surface area contributed by atoms with Gasteiger partial charge in [-0.25, -0.2) is 4.79 Å². The molecule has 0 spiro atoms. The summed E-state index contributed by atoms with van der Waals surface area (Å²) in [6, 6.07) is 15.8. The van der Waals surface area contributed by atoms with Gasteiger partial charge < -0.3 is 24.3 Å². The third kappa shape index (κ3) is 6.05. The highest BCUT2D eigenvalue weighted by Crippen LogP contribution is 2.41. The molecule has 1 amide bonds. The van der Waals surface area contributed by atoms with Crippen LogP contribution in [0, 0.1) is 6.92 Å². The van der Waals surface area contributed by atoms with Crippen LogP contribution in [0.2, 0.25) is 0 Å². The molecule has 0 radical (unpaired) electrons. The van der Waals surface area contributed by atoms with E-state index in [4.69, 9.17) is 18.9 Å². The highest BCUT2D eigenvalue weighted by atomic mass is 16.5. The minimum absolute atomic E-state index is 0.153. The first kappa shape index (κ1) is 26.1. The zero-order chi connectivity index (χ0) is 26.4. The van der Waals surface area contributed by atoms with Crippen LogP contribution in [0.15, 0.2) is 48.5 Å². The molecule has 0 unspecified atom stereocenters. The first-order valence-corrected chi connectivity index (χ1v) is 12.5. The zero-order valence-corrected chi connectivity index (χ0v) is 21.8. The summed E-state index contributed by atoms with van der Waals surface area (Å²) < 4.78 is 22.1. The molecule has 3 aromatic rings. The molecule has 1 N–H and O–H groups in total. The molecule has 0 saturated heterocycles. The highest BCUT2D eigenvalue weighted by Gasteiger charge is 2.25. The SMILES string of the molecule is CCOC(=O)C(=O)Nc1cc(C)c(Oc2ccc(OC)c(CCc3ccc(OC)cc3)c2)c2c1CCC2. The van der Waals surface area contributed by atoms with Gasteiger partial charge in [0.2, 0.25) is 0 Å². The molecule has 0 saturated carbocycles. The van der Waals surface area contributed by atoms with E-state index >= 15 is 0 Å². The molecule has 194 valence electrons. The Bertz CT molecular complexity index is 1280. The standard InChI is InChI=1S/C30H33NO6/c1-5-36-30(33)29(32)31-26-17-19(2)28(25-8-6-7-24(25)26)37-23-15-16-27(35-4)21(18-23)12-9-20-10-13-22(34-3)14-11-20/h10-11,13-18H,5-9,12H2,1-4H3,(H,31,32). The molecule has 1 aliphatic carbocycles. The second-order valence-corrected chi connectivity index (χ2v) is 8.98. The van der Waals surface area contributed by atoms with Crippen molar-refractivity contribution in [2.45, 2.75) is 46.0 Å². The number of methoxy groups -OCH3 is 2. The number of esters is 1. The van der Waals surface area contributed by atoms with E-state index in [1.807, 2.05) is 43.3 Å². The van der Waals surface area contributed by atoms with E-state index in [0.717, 1.165) is 77.4 Å². The number of hydrogen-bond acceptors (Lipinski definition) is 6. The number of carbonyl (C=O) groups is 2. The maximum absolute atomic E-state index is 12.2. The average molecular weight is 504 g/mol. The zero-order valence-electron chi connectivity index (χ0n) is 21.8. The second-order valence-electron chi connectivity index (χ2n) is 8.98. The average Bonchev–Trinajstić information content (AvgIpc) is 3.40. The van der Waals surface area contributed by atoms with E-state index in [9.17, 15) is 9.59 Å². The van der Waals surface area contributed by atoms with Crippen molar-refractivity contribution in [2.24, 2.45) is 0 Å². The number of aryl methyl sites for hydroxylation is 3. The Hall–Kier alpha value is -4.00. The number of rotatable bonds is 9. The number of ether oxygens (including phenoxy) is 4. The summed E-state index contributed by atoms with van der Waals surface area (Å²) in [5.74, 6) is 1.54. The van der Waals surface area contributed by atoms with Gasteiger partial charge in [-0.3, -0.25) is 4.79 Å². The number of anilines is 1. The van der Waals surface area contributed by atoms with Gasteiger partial charge in [0.25, 0.3) is 0 Å². The molecule has 7 heteroatoms. The van der Waals surface area contributed by atoms with Crippen molar-refractivity contribution in [3.63, 3.8) is 0 Å². The highest BCUT2D eigenvalue weighted by molar-refractivity contribution is 6.37. The largest absolute Gasteiger partial charge is 0.497 e. The van der Waals surface area contributed by atoms with Gasteiger partial charge in [-0.2, -0.15) is 0 Å². The number of amides is 1. The summed E-state index contributed by atoms with van der Waals surface area (Å²) in [5, 5.41) is 2.73. The van der Waals surface area contributed by atoms with Crippen LogP contribution in [0.3, 0.4) is 0 Å². The molecule has 0 atom stereocenters. The number of hydrogen-bond donors (Lipinski definition) is 1. The van der Waals surface area contributed by atoms with Gasteiger partial charge in [0, 0.05) is 11.3 Å². The lowest BCUT2D eigenvalue weighted by Crippen LogP contribution is -2.25. The second kappa shape index (κ2) is 11.8. The van der Waals surface area contributed by atoms with Crippen molar-refractivity contribution in [2.75, 3.05) is 26.1 Å². The third-order valence-electron chi connectivity index (χ3n) is 6.56. The van der Waals surface area contributed by atoms with Gasteiger partial charge in [0.1, 0.15) is 23.0 Å². The summed E-state index contributed by atoms with van der Waals surface area (Å²) >= 11 is 0. The van der Waals surface area contributed by atoms with Crippen LogP contribution >= 0.6 is 0 Å². The first-order chi connectivity index (χ1) is 17.9. The molecule has 37 heavy (non-hydrogen) atoms. The van der Waals surface area contributed by atoms with Gasteiger partial charge in [0.05, 0.1) is 20.8 Å². The molecule has 0 aliphatic heterocycles. The molecular formula is C30H33NO6. The van der Waals surface area contributed by atoms with Gasteiger partial charge in [-0.05, 0) is 105 Å². The molecule has 4 rings (SSSR count). The van der Waals surface area contributed by atoms with Crippen LogP contribution in [-0.4, -0.2) is 32.7 Å². The van der Waals surface area contributed by atoms with Crippen LogP contribution in [-0.2, 0) is 40.0 Å². The minimum Gasteiger partial charge on any atom is -0.497 e. The van der Waals surface area contributed by atoms with Crippen molar-refractivity contribution in [1.29, 1.82) is 0 Å². The maximum Gasteiger partial charge on any atom is 0.397 e. The number of benzene rings is 3. The Kier molecular flexibility index (Phi) is 8.33. The van der Waals surface area contributed by atoms with Crippen molar-refractivity contribution >= 4 is 17.6 Å². The Balaban J connectivity index is 1.55. The molecular weight excluding hydrogens is 470 g/mol. The molecule has 0 bridgehead atoms. The van der Waals surface area contributed by atoms with E-state index in [-0.39, 0.29) is 6.61 Å². The Morgan fingerprint density at radius 1 is 0.892 bits per heavy atom. The van der Waals surface area contributed by atoms with Gasteiger partial charge in [-0.1, -0.05) is 12.1 Å². The molecule has 1 aliphatic rings. The van der Waals surface area contributed by atoms with Crippen LogP contribution in [0.5, 0.6) is 23.0 Å². The summed E-state index contributed by atoms with van der Waals surface area (Å²) in [6.45, 7) is 3.77. The lowest BCUT2D eigenvalue weighted by Gasteiger charge is -2.18.